The van der Waals surface area contributed by atoms with Crippen molar-refractivity contribution in [2.45, 2.75) is 25.8 Å². The molecule has 0 aromatic heterocycles. The van der Waals surface area contributed by atoms with Crippen LogP contribution in [-0.2, 0) is 0 Å². The molecule has 0 fully saturated rings. The highest BCUT2D eigenvalue weighted by atomic mass is 35.5. The summed E-state index contributed by atoms with van der Waals surface area (Å²) >= 11 is 5.96. The number of aliphatic hydroxyl groups excluding tert-OH is 1. The van der Waals surface area contributed by atoms with Crippen molar-refractivity contribution in [2.75, 3.05) is 12.3 Å². The van der Waals surface area contributed by atoms with Crippen LogP contribution in [0, 0.1) is 0 Å². The topological polar surface area (TPSA) is 75.3 Å². The highest BCUT2D eigenvalue weighted by molar-refractivity contribution is 6.36. The molecule has 1 amide bonds. The van der Waals surface area contributed by atoms with Gasteiger partial charge in [-0.3, -0.25) is 4.79 Å². The quantitative estimate of drug-likeness (QED) is 0.704. The summed E-state index contributed by atoms with van der Waals surface area (Å²) in [4.78, 5) is 11.9. The lowest BCUT2D eigenvalue weighted by atomic mass is 10.1. The van der Waals surface area contributed by atoms with Crippen molar-refractivity contribution < 1.29 is 9.90 Å². The second-order valence-electron chi connectivity index (χ2n) is 3.80. The molecule has 4 nitrogen and oxygen atoms in total. The van der Waals surface area contributed by atoms with E-state index in [0.717, 1.165) is 6.42 Å². The Morgan fingerprint density at radius 3 is 2.88 bits per heavy atom. The van der Waals surface area contributed by atoms with Crippen molar-refractivity contribution in [3.8, 4) is 0 Å². The molecule has 4 N–H and O–H groups in total. The number of nitrogen functional groups attached to an aromatic ring is 1. The minimum Gasteiger partial charge on any atom is -0.398 e. The summed E-state index contributed by atoms with van der Waals surface area (Å²) in [6.07, 6.45) is 1.29. The van der Waals surface area contributed by atoms with Crippen molar-refractivity contribution in [1.29, 1.82) is 0 Å². The number of halogens is 1. The van der Waals surface area contributed by atoms with E-state index in [1.807, 2.05) is 6.92 Å². The van der Waals surface area contributed by atoms with Gasteiger partial charge in [-0.1, -0.05) is 24.6 Å². The summed E-state index contributed by atoms with van der Waals surface area (Å²) in [6, 6.07) is 4.90. The second kappa shape index (κ2) is 6.47. The van der Waals surface area contributed by atoms with Crippen LogP contribution in [-0.4, -0.2) is 23.7 Å². The third-order valence-electron chi connectivity index (χ3n) is 2.58. The molecule has 0 bridgehead atoms. The average Bonchev–Trinajstić information content (AvgIpc) is 2.31. The minimum absolute atomic E-state index is 0.0451. The van der Waals surface area contributed by atoms with E-state index in [4.69, 9.17) is 22.4 Å². The molecule has 0 aliphatic rings. The molecule has 1 aromatic carbocycles. The number of carbonyl (C=O) groups is 1. The number of amides is 1. The van der Waals surface area contributed by atoms with Gasteiger partial charge in [0.05, 0.1) is 16.3 Å². The molecule has 1 aromatic rings. The first-order valence-corrected chi connectivity index (χ1v) is 5.93. The first-order valence-electron chi connectivity index (χ1n) is 5.55. The standard InChI is InChI=1S/C12H17ClN2O2/c1-2-8(6-7-16)15-12(17)9-4-3-5-10(14)11(9)13/h3-5,8,16H,2,6-7,14H2,1H3,(H,15,17). The van der Waals surface area contributed by atoms with Gasteiger partial charge >= 0.3 is 0 Å². The van der Waals surface area contributed by atoms with Crippen LogP contribution in [0.1, 0.15) is 30.1 Å². The fourth-order valence-electron chi connectivity index (χ4n) is 1.52. The van der Waals surface area contributed by atoms with Crippen LogP contribution in [0.3, 0.4) is 0 Å². The Kier molecular flexibility index (Phi) is 5.25. The van der Waals surface area contributed by atoms with Crippen molar-refractivity contribution in [1.82, 2.24) is 5.32 Å². The maximum Gasteiger partial charge on any atom is 0.253 e. The molecule has 17 heavy (non-hydrogen) atoms. The Hall–Kier alpha value is -1.26. The van der Waals surface area contributed by atoms with E-state index in [1.54, 1.807) is 18.2 Å². The number of nitrogens with two attached hydrogens (primary N) is 1. The van der Waals surface area contributed by atoms with Gasteiger partial charge in [-0.15, -0.1) is 0 Å². The Balaban J connectivity index is 2.79. The first-order chi connectivity index (χ1) is 8.10. The van der Waals surface area contributed by atoms with Crippen molar-refractivity contribution in [2.24, 2.45) is 0 Å². The molecule has 0 saturated carbocycles. The monoisotopic (exact) mass is 256 g/mol. The highest BCUT2D eigenvalue weighted by Gasteiger charge is 2.15. The second-order valence-corrected chi connectivity index (χ2v) is 4.18. The maximum atomic E-state index is 11.9. The van der Waals surface area contributed by atoms with Crippen LogP contribution in [0.25, 0.3) is 0 Å². The third kappa shape index (κ3) is 3.61. The summed E-state index contributed by atoms with van der Waals surface area (Å²) in [6.45, 7) is 1.99. The number of hydrogen-bond donors (Lipinski definition) is 3. The van der Waals surface area contributed by atoms with Crippen LogP contribution < -0.4 is 11.1 Å². The molecule has 0 spiro atoms. The minimum atomic E-state index is -0.261. The molecule has 0 aliphatic heterocycles. The fourth-order valence-corrected chi connectivity index (χ4v) is 1.73. The van der Waals surface area contributed by atoms with Gasteiger partial charge in [0.1, 0.15) is 0 Å². The number of benzene rings is 1. The van der Waals surface area contributed by atoms with Gasteiger partial charge in [0.25, 0.3) is 5.91 Å². The molecule has 1 unspecified atom stereocenters. The Morgan fingerprint density at radius 1 is 1.59 bits per heavy atom. The van der Waals surface area contributed by atoms with E-state index in [-0.39, 0.29) is 23.6 Å². The number of aliphatic hydroxyl groups is 1. The fraction of sp³-hybridized carbons (Fsp3) is 0.417. The van der Waals surface area contributed by atoms with E-state index in [0.29, 0.717) is 17.7 Å². The van der Waals surface area contributed by atoms with Gasteiger partial charge in [-0.25, -0.2) is 0 Å². The molecule has 0 heterocycles. The zero-order valence-electron chi connectivity index (χ0n) is 9.74. The first kappa shape index (κ1) is 13.8. The third-order valence-corrected chi connectivity index (χ3v) is 3.00. The molecular formula is C12H17ClN2O2. The van der Waals surface area contributed by atoms with Gasteiger partial charge in [-0.05, 0) is 25.0 Å². The van der Waals surface area contributed by atoms with Gasteiger partial charge in [-0.2, -0.15) is 0 Å². The van der Waals surface area contributed by atoms with Crippen LogP contribution in [0.15, 0.2) is 18.2 Å². The SMILES string of the molecule is CCC(CCO)NC(=O)c1cccc(N)c1Cl. The lowest BCUT2D eigenvalue weighted by Gasteiger charge is -2.16. The summed E-state index contributed by atoms with van der Waals surface area (Å²) in [5.41, 5.74) is 6.38. The smallest absolute Gasteiger partial charge is 0.253 e. The Bertz CT molecular complexity index is 396. The number of carbonyl (C=O) groups excluding carboxylic acids is 1. The Labute approximate surface area is 106 Å². The maximum absolute atomic E-state index is 11.9. The number of anilines is 1. The average molecular weight is 257 g/mol. The van der Waals surface area contributed by atoms with Crippen molar-refractivity contribution in [3.63, 3.8) is 0 Å². The lowest BCUT2D eigenvalue weighted by Crippen LogP contribution is -2.35. The van der Waals surface area contributed by atoms with Crippen LogP contribution in [0.5, 0.6) is 0 Å². The zero-order chi connectivity index (χ0) is 12.8. The zero-order valence-corrected chi connectivity index (χ0v) is 10.5. The van der Waals surface area contributed by atoms with Crippen LogP contribution in [0.4, 0.5) is 5.69 Å². The lowest BCUT2D eigenvalue weighted by molar-refractivity contribution is 0.0929. The van der Waals surface area contributed by atoms with E-state index in [9.17, 15) is 4.79 Å². The number of nitrogens with one attached hydrogen (secondary N) is 1. The van der Waals surface area contributed by atoms with Gasteiger partial charge < -0.3 is 16.2 Å². The summed E-state index contributed by atoms with van der Waals surface area (Å²) < 4.78 is 0. The normalized spacial score (nSPS) is 12.2. The van der Waals surface area contributed by atoms with Crippen LogP contribution in [0.2, 0.25) is 5.02 Å². The molecule has 94 valence electrons. The summed E-state index contributed by atoms with van der Waals surface area (Å²) in [5.74, 6) is -0.261. The molecule has 1 atom stereocenters. The largest absolute Gasteiger partial charge is 0.398 e. The molecule has 5 heteroatoms. The highest BCUT2D eigenvalue weighted by Crippen LogP contribution is 2.23. The predicted molar refractivity (Wildman–Crippen MR) is 69.1 cm³/mol. The van der Waals surface area contributed by atoms with E-state index >= 15 is 0 Å². The predicted octanol–water partition coefficient (Wildman–Crippen LogP) is 1.81. The van der Waals surface area contributed by atoms with Crippen LogP contribution >= 0.6 is 11.6 Å². The van der Waals surface area contributed by atoms with E-state index in [1.165, 1.54) is 0 Å². The number of hydrogen-bond acceptors (Lipinski definition) is 3. The Morgan fingerprint density at radius 2 is 2.29 bits per heavy atom. The van der Waals surface area contributed by atoms with Gasteiger partial charge in [0.15, 0.2) is 0 Å². The van der Waals surface area contributed by atoms with E-state index < -0.39 is 0 Å². The molecule has 0 aliphatic carbocycles. The van der Waals surface area contributed by atoms with Gasteiger partial charge in [0, 0.05) is 12.6 Å². The van der Waals surface area contributed by atoms with E-state index in [2.05, 4.69) is 5.32 Å². The van der Waals surface area contributed by atoms with Crippen molar-refractivity contribution >= 4 is 23.2 Å². The molecule has 0 saturated heterocycles. The summed E-state index contributed by atoms with van der Waals surface area (Å²) in [5, 5.41) is 11.9. The molecular weight excluding hydrogens is 240 g/mol. The number of rotatable bonds is 5. The van der Waals surface area contributed by atoms with Crippen molar-refractivity contribution in [3.05, 3.63) is 28.8 Å². The molecule has 1 rings (SSSR count). The molecule has 0 radical (unpaired) electrons. The van der Waals surface area contributed by atoms with Gasteiger partial charge in [0.2, 0.25) is 0 Å². The summed E-state index contributed by atoms with van der Waals surface area (Å²) in [7, 11) is 0.